The molecule has 10 aromatic carbocycles. The Bertz CT molecular complexity index is 4780. The summed E-state index contributed by atoms with van der Waals surface area (Å²) in [5.74, 6) is 1.43. The summed E-state index contributed by atoms with van der Waals surface area (Å²) < 4.78 is 13.8. The molecule has 5 aromatic heterocycles. The predicted molar refractivity (Wildman–Crippen MR) is 295 cm³/mol. The first-order chi connectivity index (χ1) is 35.6. The van der Waals surface area contributed by atoms with Crippen LogP contribution in [0.15, 0.2) is 223 Å². The lowest BCUT2D eigenvalue weighted by Gasteiger charge is -2.13. The van der Waals surface area contributed by atoms with Gasteiger partial charge in [-0.15, -0.1) is 11.3 Å². The van der Waals surface area contributed by atoms with Gasteiger partial charge in [-0.1, -0.05) is 140 Å². The Morgan fingerprint density at radius 2 is 1.07 bits per heavy atom. The number of hydrogen-bond donors (Lipinski definition) is 0. The molecule has 0 N–H and O–H groups in total. The van der Waals surface area contributed by atoms with Crippen LogP contribution in [0.1, 0.15) is 5.56 Å². The Balaban J connectivity index is 0.946. The van der Waals surface area contributed by atoms with E-state index in [2.05, 4.69) is 155 Å². The van der Waals surface area contributed by atoms with Gasteiger partial charge in [0.15, 0.2) is 17.5 Å². The second-order valence-electron chi connectivity index (χ2n) is 18.2. The van der Waals surface area contributed by atoms with Crippen LogP contribution in [0.3, 0.4) is 0 Å². The van der Waals surface area contributed by atoms with E-state index in [1.807, 2.05) is 90.2 Å². The molecule has 0 saturated carbocycles. The number of aromatic nitrogens is 5. The number of thiophene rings is 1. The van der Waals surface area contributed by atoms with Crippen molar-refractivity contribution in [3.05, 3.63) is 224 Å². The number of benzene rings is 10. The van der Waals surface area contributed by atoms with E-state index in [4.69, 9.17) is 19.4 Å². The second-order valence-corrected chi connectivity index (χ2v) is 19.3. The number of nitrogens with zero attached hydrogens (tertiary/aromatic N) is 6. The number of furan rings is 1. The van der Waals surface area contributed by atoms with Crippen molar-refractivity contribution < 1.29 is 4.42 Å². The first-order valence-electron chi connectivity index (χ1n) is 23.9. The highest BCUT2D eigenvalue weighted by Crippen LogP contribution is 2.44. The third kappa shape index (κ3) is 6.05. The van der Waals surface area contributed by atoms with Crippen LogP contribution in [0, 0.1) is 11.3 Å². The van der Waals surface area contributed by atoms with E-state index < -0.39 is 0 Å². The number of nitriles is 1. The van der Waals surface area contributed by atoms with Crippen LogP contribution in [0.25, 0.3) is 142 Å². The van der Waals surface area contributed by atoms with Gasteiger partial charge in [0.25, 0.3) is 0 Å². The summed E-state index contributed by atoms with van der Waals surface area (Å²) in [6.45, 7) is 0. The average Bonchev–Trinajstić information content (AvgIpc) is 4.20. The topological polar surface area (TPSA) is 85.5 Å². The summed E-state index contributed by atoms with van der Waals surface area (Å²) in [6.07, 6.45) is 0. The van der Waals surface area contributed by atoms with E-state index in [1.54, 1.807) is 0 Å². The van der Waals surface area contributed by atoms with Gasteiger partial charge in [-0.05, 0) is 90.0 Å². The molecule has 0 saturated heterocycles. The first kappa shape index (κ1) is 40.2. The minimum absolute atomic E-state index is 0.444. The summed E-state index contributed by atoms with van der Waals surface area (Å²) in [5.41, 5.74) is 12.5. The van der Waals surface area contributed by atoms with Gasteiger partial charge in [0, 0.05) is 69.3 Å². The molecule has 0 bridgehead atoms. The van der Waals surface area contributed by atoms with E-state index in [9.17, 15) is 5.26 Å². The normalized spacial score (nSPS) is 11.9. The van der Waals surface area contributed by atoms with Crippen molar-refractivity contribution in [2.24, 2.45) is 0 Å². The van der Waals surface area contributed by atoms with E-state index >= 15 is 0 Å². The monoisotopic (exact) mass is 936 g/mol. The van der Waals surface area contributed by atoms with Crippen LogP contribution in [0.5, 0.6) is 0 Å². The summed E-state index contributed by atoms with van der Waals surface area (Å²) in [5, 5.41) is 20.3. The van der Waals surface area contributed by atoms with E-state index in [-0.39, 0.29) is 0 Å². The highest BCUT2D eigenvalue weighted by atomic mass is 32.1. The molecule has 0 aliphatic heterocycles. The molecule has 0 amide bonds. The maximum atomic E-state index is 11.3. The van der Waals surface area contributed by atoms with Crippen LogP contribution < -0.4 is 0 Å². The van der Waals surface area contributed by atoms with Crippen molar-refractivity contribution in [3.8, 4) is 62.7 Å². The molecule has 15 rings (SSSR count). The van der Waals surface area contributed by atoms with Gasteiger partial charge >= 0.3 is 0 Å². The fourth-order valence-corrected chi connectivity index (χ4v) is 12.1. The summed E-state index contributed by atoms with van der Waals surface area (Å²) >= 11 is 1.83. The molecule has 8 heteroatoms. The Hall–Kier alpha value is -9.68. The summed E-state index contributed by atoms with van der Waals surface area (Å²) in [4.78, 5) is 15.6. The fraction of sp³-hybridized carbons (Fsp3) is 0. The van der Waals surface area contributed by atoms with Crippen molar-refractivity contribution >= 4 is 97.1 Å². The smallest absolute Gasteiger partial charge is 0.167 e. The Labute approximate surface area is 415 Å². The number of para-hydroxylation sites is 4. The van der Waals surface area contributed by atoms with Gasteiger partial charge in [-0.2, -0.15) is 5.26 Å². The Kier molecular flexibility index (Phi) is 8.76. The molecule has 7 nitrogen and oxygen atoms in total. The molecule has 72 heavy (non-hydrogen) atoms. The second kappa shape index (κ2) is 15.7. The molecule has 15 aromatic rings. The number of rotatable bonds is 6. The lowest BCUT2D eigenvalue weighted by Crippen LogP contribution is -2.02. The van der Waals surface area contributed by atoms with Gasteiger partial charge in [0.1, 0.15) is 17.2 Å². The molecular formula is C64H36N6OS. The van der Waals surface area contributed by atoms with Crippen LogP contribution in [-0.2, 0) is 0 Å². The first-order valence-corrected chi connectivity index (χ1v) is 24.7. The largest absolute Gasteiger partial charge is 0.455 e. The molecule has 0 spiro atoms. The van der Waals surface area contributed by atoms with Crippen LogP contribution in [0.2, 0.25) is 0 Å². The number of hydrogen-bond acceptors (Lipinski definition) is 6. The summed E-state index contributed by atoms with van der Waals surface area (Å²) in [6, 6.07) is 78.5. The summed E-state index contributed by atoms with van der Waals surface area (Å²) in [7, 11) is 0. The average molecular weight is 937 g/mol. The van der Waals surface area contributed by atoms with Gasteiger partial charge in [-0.3, -0.25) is 0 Å². The molecule has 5 heterocycles. The lowest BCUT2D eigenvalue weighted by atomic mass is 10.0. The Morgan fingerprint density at radius 1 is 0.417 bits per heavy atom. The molecule has 0 radical (unpaired) electrons. The maximum Gasteiger partial charge on any atom is 0.167 e. The lowest BCUT2D eigenvalue weighted by molar-refractivity contribution is 0.669. The van der Waals surface area contributed by atoms with Crippen LogP contribution in [-0.4, -0.2) is 24.1 Å². The highest BCUT2D eigenvalue weighted by molar-refractivity contribution is 7.25. The molecule has 0 aliphatic carbocycles. The molecule has 0 aliphatic rings. The minimum Gasteiger partial charge on any atom is -0.455 e. The zero-order chi connectivity index (χ0) is 47.4. The molecule has 0 fully saturated rings. The molecule has 0 unspecified atom stereocenters. The third-order valence-corrected chi connectivity index (χ3v) is 15.4. The van der Waals surface area contributed by atoms with E-state index in [0.717, 1.165) is 93.6 Å². The van der Waals surface area contributed by atoms with Crippen molar-refractivity contribution in [3.63, 3.8) is 0 Å². The van der Waals surface area contributed by atoms with Crippen LogP contribution >= 0.6 is 11.3 Å². The third-order valence-electron chi connectivity index (χ3n) is 14.2. The predicted octanol–water partition coefficient (Wildman–Crippen LogP) is 16.9. The van der Waals surface area contributed by atoms with Gasteiger partial charge in [-0.25, -0.2) is 15.0 Å². The maximum absolute atomic E-state index is 11.3. The van der Waals surface area contributed by atoms with Gasteiger partial charge in [0.2, 0.25) is 0 Å². The van der Waals surface area contributed by atoms with Crippen molar-refractivity contribution in [2.45, 2.75) is 0 Å². The van der Waals surface area contributed by atoms with Crippen molar-refractivity contribution in [1.29, 1.82) is 5.26 Å². The van der Waals surface area contributed by atoms with Crippen molar-refractivity contribution in [1.82, 2.24) is 24.1 Å². The van der Waals surface area contributed by atoms with Crippen molar-refractivity contribution in [2.75, 3.05) is 0 Å². The van der Waals surface area contributed by atoms with E-state index in [1.165, 1.54) is 20.2 Å². The minimum atomic E-state index is 0.444. The zero-order valence-electron chi connectivity index (χ0n) is 38.3. The fourth-order valence-electron chi connectivity index (χ4n) is 11.0. The van der Waals surface area contributed by atoms with E-state index in [0.29, 0.717) is 34.2 Å². The van der Waals surface area contributed by atoms with Crippen LogP contribution in [0.4, 0.5) is 0 Å². The number of fused-ring (bicyclic) bond motifs is 13. The molecule has 0 atom stereocenters. The zero-order valence-corrected chi connectivity index (χ0v) is 39.1. The van der Waals surface area contributed by atoms with Gasteiger partial charge < -0.3 is 13.6 Å². The Morgan fingerprint density at radius 3 is 1.92 bits per heavy atom. The SMILES string of the molecule is N#Cc1cc(-c2nc(-c3cccc(-c4ccccc4)c3)nc(-c3cccc4c3oc3ccccc34)n2)ccc1-n1c2ccccc2c2ccc3c(c4ccccc4n3-c3ccc4sc5ccccc5c4c3)c21. The highest BCUT2D eigenvalue weighted by Gasteiger charge is 2.24. The standard InChI is InChI=1S/C64H36N6OS/c65-37-42-35-41(63-66-62(40-17-12-16-39(34-40)38-14-2-1-3-15-38)67-64(68-63)50-23-13-22-48-45-19-6-10-26-56(45)71-61(48)50)28-31-52(42)70-53-24-8-4-18-44(53)47-30-32-55-59(60(47)70)49-21-5-9-25-54(49)69(55)43-29-33-58-51(36-43)46-20-7-11-27-57(46)72-58/h1-36H. The quantitative estimate of drug-likeness (QED) is 0.166. The van der Waals surface area contributed by atoms with Gasteiger partial charge in [0.05, 0.1) is 38.9 Å². The molecular weight excluding hydrogens is 901 g/mol. The molecule has 334 valence electrons.